The van der Waals surface area contributed by atoms with Crippen LogP contribution in [-0.2, 0) is 11.3 Å². The van der Waals surface area contributed by atoms with Gasteiger partial charge in [0, 0.05) is 5.56 Å². The molecule has 0 spiro atoms. The number of ketones is 1. The molecule has 0 bridgehead atoms. The first-order valence-corrected chi connectivity index (χ1v) is 8.81. The molecular weight excluding hydrogens is 414 g/mol. The molecular formula is C19H16BrN3O4. The van der Waals surface area contributed by atoms with Crippen molar-refractivity contribution in [3.8, 4) is 5.75 Å². The summed E-state index contributed by atoms with van der Waals surface area (Å²) in [5, 5.41) is 4.03. The van der Waals surface area contributed by atoms with Crippen molar-refractivity contribution in [3.05, 3.63) is 76.3 Å². The summed E-state index contributed by atoms with van der Waals surface area (Å²) in [5.74, 6) is -0.229. The number of nitrogens with zero attached hydrogens (tertiary/aromatic N) is 3. The summed E-state index contributed by atoms with van der Waals surface area (Å²) in [5.41, 5.74) is 1.77. The fourth-order valence-corrected chi connectivity index (χ4v) is 2.93. The van der Waals surface area contributed by atoms with Gasteiger partial charge < -0.3 is 9.47 Å². The lowest BCUT2D eigenvalue weighted by Crippen LogP contribution is -2.14. The molecule has 0 saturated carbocycles. The molecule has 1 aromatic heterocycles. The van der Waals surface area contributed by atoms with E-state index in [1.54, 1.807) is 60.6 Å². The zero-order valence-electron chi connectivity index (χ0n) is 14.5. The summed E-state index contributed by atoms with van der Waals surface area (Å²) in [6.07, 6.45) is 3.08. The van der Waals surface area contributed by atoms with Crippen LogP contribution < -0.4 is 4.74 Å². The Balaban J connectivity index is 1.57. The summed E-state index contributed by atoms with van der Waals surface area (Å²) in [4.78, 5) is 28.2. The summed E-state index contributed by atoms with van der Waals surface area (Å²) in [7, 11) is 1.54. The lowest BCUT2D eigenvalue weighted by molar-refractivity contribution is 0.0474. The van der Waals surface area contributed by atoms with Gasteiger partial charge >= 0.3 is 5.97 Å². The van der Waals surface area contributed by atoms with E-state index in [4.69, 9.17) is 9.47 Å². The standard InChI is InChI=1S/C19H16BrN3O4/c1-26-18-7-6-15(8-16(18)20)17(24)10-27-19(25)14-4-2-13(3-5-14)9-23-12-21-11-22-23/h2-8,11-12H,9-10H2,1H3. The van der Waals surface area contributed by atoms with Gasteiger partial charge in [-0.3, -0.25) is 4.79 Å². The fraction of sp³-hybridized carbons (Fsp3) is 0.158. The van der Waals surface area contributed by atoms with E-state index in [2.05, 4.69) is 26.0 Å². The maximum absolute atomic E-state index is 12.2. The van der Waals surface area contributed by atoms with Gasteiger partial charge in [-0.05, 0) is 51.8 Å². The second-order valence-corrected chi connectivity index (χ2v) is 6.49. The Morgan fingerprint density at radius 2 is 1.85 bits per heavy atom. The molecule has 138 valence electrons. The van der Waals surface area contributed by atoms with Crippen molar-refractivity contribution >= 4 is 27.7 Å². The molecule has 1 heterocycles. The smallest absolute Gasteiger partial charge is 0.338 e. The molecule has 0 radical (unpaired) electrons. The van der Waals surface area contributed by atoms with Crippen LogP contribution in [0.15, 0.2) is 59.6 Å². The van der Waals surface area contributed by atoms with Crippen LogP contribution in [0.3, 0.4) is 0 Å². The molecule has 0 fully saturated rings. The topological polar surface area (TPSA) is 83.3 Å². The molecule has 3 rings (SSSR count). The minimum atomic E-state index is -0.553. The minimum Gasteiger partial charge on any atom is -0.496 e. The van der Waals surface area contributed by atoms with Gasteiger partial charge in [-0.25, -0.2) is 14.5 Å². The third-order valence-corrected chi connectivity index (χ3v) is 4.43. The van der Waals surface area contributed by atoms with Gasteiger partial charge in [0.25, 0.3) is 0 Å². The van der Waals surface area contributed by atoms with Crippen LogP contribution in [0.1, 0.15) is 26.3 Å². The number of carbonyl (C=O) groups is 2. The van der Waals surface area contributed by atoms with E-state index >= 15 is 0 Å². The van der Waals surface area contributed by atoms with Crippen LogP contribution >= 0.6 is 15.9 Å². The lowest BCUT2D eigenvalue weighted by Gasteiger charge is -2.07. The summed E-state index contributed by atoms with van der Waals surface area (Å²) < 4.78 is 12.6. The molecule has 0 aliphatic rings. The van der Waals surface area contributed by atoms with Gasteiger partial charge in [0.05, 0.1) is 23.7 Å². The molecule has 3 aromatic rings. The van der Waals surface area contributed by atoms with Crippen molar-refractivity contribution in [1.29, 1.82) is 0 Å². The van der Waals surface area contributed by atoms with Gasteiger partial charge in [-0.1, -0.05) is 12.1 Å². The highest BCUT2D eigenvalue weighted by Gasteiger charge is 2.13. The fourth-order valence-electron chi connectivity index (χ4n) is 2.39. The van der Waals surface area contributed by atoms with Crippen molar-refractivity contribution in [2.24, 2.45) is 0 Å². The highest BCUT2D eigenvalue weighted by Crippen LogP contribution is 2.25. The van der Waals surface area contributed by atoms with E-state index in [0.29, 0.717) is 27.9 Å². The molecule has 0 N–H and O–H groups in total. The maximum atomic E-state index is 12.2. The molecule has 27 heavy (non-hydrogen) atoms. The Morgan fingerprint density at radius 3 is 2.48 bits per heavy atom. The van der Waals surface area contributed by atoms with Crippen LogP contribution in [0, 0.1) is 0 Å². The number of ether oxygens (including phenoxy) is 2. The number of aromatic nitrogens is 3. The quantitative estimate of drug-likeness (QED) is 0.423. The van der Waals surface area contributed by atoms with Gasteiger partial charge in [0.15, 0.2) is 12.4 Å². The molecule has 0 aliphatic heterocycles. The molecule has 0 atom stereocenters. The van der Waals surface area contributed by atoms with E-state index in [1.807, 2.05) is 0 Å². The monoisotopic (exact) mass is 429 g/mol. The summed E-state index contributed by atoms with van der Waals surface area (Å²) in [6, 6.07) is 11.9. The van der Waals surface area contributed by atoms with Gasteiger partial charge in [-0.15, -0.1) is 0 Å². The van der Waals surface area contributed by atoms with Crippen LogP contribution in [0.2, 0.25) is 0 Å². The number of Topliss-reactive ketones (excluding diaryl/α,β-unsaturated/α-hetero) is 1. The second-order valence-electron chi connectivity index (χ2n) is 5.64. The minimum absolute atomic E-state index is 0.297. The van der Waals surface area contributed by atoms with Gasteiger partial charge in [0.1, 0.15) is 18.4 Å². The summed E-state index contributed by atoms with van der Waals surface area (Å²) >= 11 is 3.33. The number of carbonyl (C=O) groups excluding carboxylic acids is 2. The van der Waals surface area contributed by atoms with Crippen molar-refractivity contribution in [2.75, 3.05) is 13.7 Å². The molecule has 7 nitrogen and oxygen atoms in total. The number of benzene rings is 2. The van der Waals surface area contributed by atoms with Crippen LogP contribution in [-0.4, -0.2) is 40.2 Å². The van der Waals surface area contributed by atoms with Crippen LogP contribution in [0.25, 0.3) is 0 Å². The van der Waals surface area contributed by atoms with Crippen molar-refractivity contribution < 1.29 is 19.1 Å². The maximum Gasteiger partial charge on any atom is 0.338 e. The molecule has 2 aromatic carbocycles. The van der Waals surface area contributed by atoms with Gasteiger partial charge in [-0.2, -0.15) is 5.10 Å². The van der Waals surface area contributed by atoms with Crippen molar-refractivity contribution in [3.63, 3.8) is 0 Å². The zero-order chi connectivity index (χ0) is 19.2. The Kier molecular flexibility index (Phi) is 5.97. The highest BCUT2D eigenvalue weighted by atomic mass is 79.9. The average molecular weight is 430 g/mol. The molecule has 8 heteroatoms. The molecule has 0 aliphatic carbocycles. The van der Waals surface area contributed by atoms with Crippen molar-refractivity contribution in [2.45, 2.75) is 6.54 Å². The molecule has 0 saturated heterocycles. The Morgan fingerprint density at radius 1 is 1.11 bits per heavy atom. The molecule has 0 amide bonds. The largest absolute Gasteiger partial charge is 0.496 e. The van der Waals surface area contributed by atoms with Crippen molar-refractivity contribution in [1.82, 2.24) is 14.8 Å². The SMILES string of the molecule is COc1ccc(C(=O)COC(=O)c2ccc(Cn3cncn3)cc2)cc1Br. The Bertz CT molecular complexity index is 940. The molecule has 0 unspecified atom stereocenters. The average Bonchev–Trinajstić information content (AvgIpc) is 3.19. The van der Waals surface area contributed by atoms with Crippen LogP contribution in [0.5, 0.6) is 5.75 Å². The summed E-state index contributed by atoms with van der Waals surface area (Å²) in [6.45, 7) is 0.221. The predicted octanol–water partition coefficient (Wildman–Crippen LogP) is 3.14. The van der Waals surface area contributed by atoms with E-state index in [1.165, 1.54) is 6.33 Å². The lowest BCUT2D eigenvalue weighted by atomic mass is 10.1. The normalized spacial score (nSPS) is 10.4. The number of rotatable bonds is 7. The second kappa shape index (κ2) is 8.59. The van der Waals surface area contributed by atoms with E-state index in [-0.39, 0.29) is 12.4 Å². The van der Waals surface area contributed by atoms with Gasteiger partial charge in [0.2, 0.25) is 0 Å². The number of hydrogen-bond acceptors (Lipinski definition) is 6. The Labute approximate surface area is 164 Å². The number of halogens is 1. The van der Waals surface area contributed by atoms with E-state index in [9.17, 15) is 9.59 Å². The first kappa shape index (κ1) is 18.8. The number of methoxy groups -OCH3 is 1. The first-order valence-electron chi connectivity index (χ1n) is 8.02. The van der Waals surface area contributed by atoms with Crippen LogP contribution in [0.4, 0.5) is 0 Å². The third kappa shape index (κ3) is 4.79. The zero-order valence-corrected chi connectivity index (χ0v) is 16.0. The highest BCUT2D eigenvalue weighted by molar-refractivity contribution is 9.10. The predicted molar refractivity (Wildman–Crippen MR) is 101 cm³/mol. The Hall–Kier alpha value is -3.00. The third-order valence-electron chi connectivity index (χ3n) is 3.81. The number of hydrogen-bond donors (Lipinski definition) is 0. The van der Waals surface area contributed by atoms with E-state index < -0.39 is 5.97 Å². The number of esters is 1. The first-order chi connectivity index (χ1) is 13.1. The van der Waals surface area contributed by atoms with E-state index in [0.717, 1.165) is 5.56 Å².